The van der Waals surface area contributed by atoms with Crippen LogP contribution in [0.15, 0.2) is 48.5 Å². The Morgan fingerprint density at radius 1 is 1.03 bits per heavy atom. The fourth-order valence-corrected chi connectivity index (χ4v) is 3.86. The number of hydrogen-bond acceptors (Lipinski definition) is 3. The molecule has 0 spiro atoms. The van der Waals surface area contributed by atoms with Gasteiger partial charge in [0.25, 0.3) is 0 Å². The lowest BCUT2D eigenvalue weighted by molar-refractivity contribution is -0.141. The summed E-state index contributed by atoms with van der Waals surface area (Å²) >= 11 is 0. The van der Waals surface area contributed by atoms with Crippen molar-refractivity contribution in [3.05, 3.63) is 65.2 Å². The number of ether oxygens (including phenoxy) is 1. The first-order chi connectivity index (χ1) is 15.9. The number of rotatable bonds is 13. The Balaban J connectivity index is 2.18. The highest BCUT2D eigenvalue weighted by Gasteiger charge is 2.28. The largest absolute Gasteiger partial charge is 0.497 e. The number of benzene rings is 2. The molecule has 1 N–H and O–H groups in total. The molecular weight excluding hydrogens is 412 g/mol. The van der Waals surface area contributed by atoms with Gasteiger partial charge in [-0.3, -0.25) is 9.59 Å². The fraction of sp³-hybridized carbons (Fsp3) is 0.500. The zero-order valence-corrected chi connectivity index (χ0v) is 20.9. The minimum Gasteiger partial charge on any atom is -0.497 e. The van der Waals surface area contributed by atoms with E-state index in [-0.39, 0.29) is 11.8 Å². The van der Waals surface area contributed by atoms with Gasteiger partial charge in [0.2, 0.25) is 11.8 Å². The number of nitrogens with one attached hydrogen (secondary N) is 1. The quantitative estimate of drug-likeness (QED) is 0.410. The van der Waals surface area contributed by atoms with Crippen molar-refractivity contribution in [2.24, 2.45) is 0 Å². The smallest absolute Gasteiger partial charge is 0.242 e. The molecule has 2 aromatic carbocycles. The molecule has 5 nitrogen and oxygen atoms in total. The van der Waals surface area contributed by atoms with E-state index in [9.17, 15) is 9.59 Å². The van der Waals surface area contributed by atoms with Gasteiger partial charge in [0.15, 0.2) is 0 Å². The maximum atomic E-state index is 13.4. The van der Waals surface area contributed by atoms with E-state index in [1.54, 1.807) is 12.0 Å². The van der Waals surface area contributed by atoms with E-state index in [4.69, 9.17) is 4.74 Å². The molecule has 0 aromatic heterocycles. The second kappa shape index (κ2) is 13.7. The third kappa shape index (κ3) is 8.23. The number of unbranched alkanes of at least 4 members (excludes halogenated alkanes) is 1. The molecule has 0 unspecified atom stereocenters. The molecular formula is C28H40N2O3. The van der Waals surface area contributed by atoms with Crippen LogP contribution in [0.25, 0.3) is 0 Å². The first kappa shape index (κ1) is 26.4. The lowest BCUT2D eigenvalue weighted by Crippen LogP contribution is -2.49. The van der Waals surface area contributed by atoms with Crippen molar-refractivity contribution in [2.45, 2.75) is 78.3 Å². The van der Waals surface area contributed by atoms with E-state index >= 15 is 0 Å². The average molecular weight is 453 g/mol. The van der Waals surface area contributed by atoms with Gasteiger partial charge in [-0.05, 0) is 54.0 Å². The van der Waals surface area contributed by atoms with Gasteiger partial charge in [-0.2, -0.15) is 0 Å². The molecule has 180 valence electrons. The summed E-state index contributed by atoms with van der Waals surface area (Å²) in [5.41, 5.74) is 3.37. The Morgan fingerprint density at radius 3 is 2.36 bits per heavy atom. The highest BCUT2D eigenvalue weighted by molar-refractivity contribution is 5.87. The summed E-state index contributed by atoms with van der Waals surface area (Å²) in [6.07, 6.45) is 3.53. The van der Waals surface area contributed by atoms with Crippen LogP contribution < -0.4 is 10.1 Å². The summed E-state index contributed by atoms with van der Waals surface area (Å²) in [6, 6.07) is 15.7. The topological polar surface area (TPSA) is 58.6 Å². The number of hydrogen-bond donors (Lipinski definition) is 1. The van der Waals surface area contributed by atoms with Crippen LogP contribution in [-0.2, 0) is 22.6 Å². The Bertz CT molecular complexity index is 877. The number of carbonyl (C=O) groups excluding carboxylic acids is 2. The molecule has 0 bridgehead atoms. The van der Waals surface area contributed by atoms with Crippen LogP contribution in [0.4, 0.5) is 0 Å². The average Bonchev–Trinajstić information content (AvgIpc) is 2.83. The second-order valence-corrected chi connectivity index (χ2v) is 8.84. The zero-order chi connectivity index (χ0) is 24.2. The van der Waals surface area contributed by atoms with Crippen LogP contribution in [0.2, 0.25) is 0 Å². The van der Waals surface area contributed by atoms with E-state index in [0.29, 0.717) is 38.3 Å². The summed E-state index contributed by atoms with van der Waals surface area (Å²) in [5.74, 6) is 1.13. The third-order valence-corrected chi connectivity index (χ3v) is 5.98. The Morgan fingerprint density at radius 2 is 1.76 bits per heavy atom. The number of methoxy groups -OCH3 is 1. The molecule has 0 saturated carbocycles. The summed E-state index contributed by atoms with van der Waals surface area (Å²) < 4.78 is 5.35. The van der Waals surface area contributed by atoms with Gasteiger partial charge in [-0.1, -0.05) is 70.5 Å². The lowest BCUT2D eigenvalue weighted by atomic mass is 10.00. The lowest BCUT2D eigenvalue weighted by Gasteiger charge is -2.31. The maximum absolute atomic E-state index is 13.4. The van der Waals surface area contributed by atoms with Gasteiger partial charge >= 0.3 is 0 Å². The predicted molar refractivity (Wildman–Crippen MR) is 134 cm³/mol. The van der Waals surface area contributed by atoms with Crippen LogP contribution >= 0.6 is 0 Å². The van der Waals surface area contributed by atoms with Crippen LogP contribution in [0.3, 0.4) is 0 Å². The van der Waals surface area contributed by atoms with Gasteiger partial charge in [0, 0.05) is 19.5 Å². The van der Waals surface area contributed by atoms with Gasteiger partial charge in [0.1, 0.15) is 11.8 Å². The standard InChI is InChI=1S/C28H40N2O3/c1-6-8-18-29-28(32)26(7-2)30(20-23-10-9-11-25(19-23)33-5)27(31)17-14-22-12-15-24(16-13-22)21(3)4/h9-13,15-16,19,21,26H,6-8,14,17-18,20H2,1-5H3,(H,29,32)/t26-/m1/s1. The molecule has 0 saturated heterocycles. The molecule has 0 aliphatic rings. The minimum absolute atomic E-state index is 0.0109. The van der Waals surface area contributed by atoms with E-state index in [0.717, 1.165) is 29.7 Å². The number of carbonyl (C=O) groups is 2. The van der Waals surface area contributed by atoms with E-state index in [2.05, 4.69) is 50.4 Å². The summed E-state index contributed by atoms with van der Waals surface area (Å²) in [5, 5.41) is 3.01. The number of nitrogens with zero attached hydrogens (tertiary/aromatic N) is 1. The molecule has 1 atom stereocenters. The van der Waals surface area contributed by atoms with E-state index < -0.39 is 6.04 Å². The SMILES string of the molecule is CCCCNC(=O)[C@@H](CC)N(Cc1cccc(OC)c1)C(=O)CCc1ccc(C(C)C)cc1. The van der Waals surface area contributed by atoms with Crippen LogP contribution in [0.5, 0.6) is 5.75 Å². The van der Waals surface area contributed by atoms with Gasteiger partial charge < -0.3 is 15.0 Å². The zero-order valence-electron chi connectivity index (χ0n) is 20.9. The van der Waals surface area contributed by atoms with Crippen LogP contribution in [0.1, 0.15) is 76.0 Å². The van der Waals surface area contributed by atoms with E-state index in [1.807, 2.05) is 31.2 Å². The van der Waals surface area contributed by atoms with Crippen LogP contribution in [-0.4, -0.2) is 36.4 Å². The van der Waals surface area contributed by atoms with Crippen molar-refractivity contribution in [2.75, 3.05) is 13.7 Å². The third-order valence-electron chi connectivity index (χ3n) is 5.98. The van der Waals surface area contributed by atoms with Crippen molar-refractivity contribution in [3.8, 4) is 5.75 Å². The molecule has 0 aliphatic heterocycles. The first-order valence-electron chi connectivity index (χ1n) is 12.2. The highest BCUT2D eigenvalue weighted by atomic mass is 16.5. The first-order valence-corrected chi connectivity index (χ1v) is 12.2. The van der Waals surface area contributed by atoms with Crippen molar-refractivity contribution < 1.29 is 14.3 Å². The highest BCUT2D eigenvalue weighted by Crippen LogP contribution is 2.20. The molecule has 0 aliphatic carbocycles. The van der Waals surface area contributed by atoms with E-state index in [1.165, 1.54) is 5.56 Å². The summed E-state index contributed by atoms with van der Waals surface area (Å²) in [4.78, 5) is 28.1. The Kier molecular flexibility index (Phi) is 10.9. The van der Waals surface area contributed by atoms with Gasteiger partial charge in [0.05, 0.1) is 7.11 Å². The predicted octanol–water partition coefficient (Wildman–Crippen LogP) is 5.47. The Labute approximate surface area is 199 Å². The second-order valence-electron chi connectivity index (χ2n) is 8.84. The number of amides is 2. The Hall–Kier alpha value is -2.82. The summed E-state index contributed by atoms with van der Waals surface area (Å²) in [7, 11) is 1.63. The van der Waals surface area contributed by atoms with Gasteiger partial charge in [-0.25, -0.2) is 0 Å². The fourth-order valence-electron chi connectivity index (χ4n) is 3.86. The minimum atomic E-state index is -0.496. The molecule has 0 fully saturated rings. The van der Waals surface area contributed by atoms with Crippen molar-refractivity contribution in [1.29, 1.82) is 0 Å². The van der Waals surface area contributed by atoms with Gasteiger partial charge in [-0.15, -0.1) is 0 Å². The number of aryl methyl sites for hydroxylation is 1. The molecule has 5 heteroatoms. The monoisotopic (exact) mass is 452 g/mol. The van der Waals surface area contributed by atoms with Crippen molar-refractivity contribution >= 4 is 11.8 Å². The van der Waals surface area contributed by atoms with Crippen molar-refractivity contribution in [3.63, 3.8) is 0 Å². The van der Waals surface area contributed by atoms with Crippen LogP contribution in [0, 0.1) is 0 Å². The molecule has 33 heavy (non-hydrogen) atoms. The molecule has 2 amide bonds. The molecule has 2 aromatic rings. The normalized spacial score (nSPS) is 11.8. The molecule has 0 radical (unpaired) electrons. The molecule has 0 heterocycles. The maximum Gasteiger partial charge on any atom is 0.242 e. The molecule has 2 rings (SSSR count). The summed E-state index contributed by atoms with van der Waals surface area (Å²) in [6.45, 7) is 9.41. The van der Waals surface area contributed by atoms with Crippen molar-refractivity contribution in [1.82, 2.24) is 10.2 Å².